The van der Waals surface area contributed by atoms with Crippen LogP contribution in [0.2, 0.25) is 0 Å². The number of carbonyl (C=O) groups is 4. The van der Waals surface area contributed by atoms with E-state index in [1.807, 2.05) is 0 Å². The maximum Gasteiger partial charge on any atom is 0.338 e. The van der Waals surface area contributed by atoms with Crippen LogP contribution < -0.4 is 0 Å². The highest BCUT2D eigenvalue weighted by atomic mass is 16.6. The molecule has 2 N–H and O–H groups in total. The van der Waals surface area contributed by atoms with Crippen molar-refractivity contribution in [1.82, 2.24) is 0 Å². The molecule has 236 valence electrons. The van der Waals surface area contributed by atoms with Crippen LogP contribution in [0, 0.1) is 11.3 Å². The maximum absolute atomic E-state index is 13.6. The molecule has 1 spiro atoms. The second-order valence-corrected chi connectivity index (χ2v) is 12.6. The van der Waals surface area contributed by atoms with Gasteiger partial charge in [0.1, 0.15) is 36.4 Å². The predicted octanol–water partition coefficient (Wildman–Crippen LogP) is 3.00. The van der Waals surface area contributed by atoms with E-state index >= 15 is 0 Å². The van der Waals surface area contributed by atoms with Crippen LogP contribution in [0.4, 0.5) is 0 Å². The summed E-state index contributed by atoms with van der Waals surface area (Å²) in [6.45, 7) is 6.57. The first kappa shape index (κ1) is 31.6. The lowest BCUT2D eigenvalue weighted by Gasteiger charge is -2.65. The molecular formula is C33H38O11. The molecule has 1 unspecified atom stereocenters. The van der Waals surface area contributed by atoms with E-state index in [1.54, 1.807) is 62.4 Å². The molecule has 8 atom stereocenters. The van der Waals surface area contributed by atoms with Gasteiger partial charge in [-0.15, -0.1) is 0 Å². The van der Waals surface area contributed by atoms with Crippen LogP contribution in [-0.2, 0) is 33.3 Å². The summed E-state index contributed by atoms with van der Waals surface area (Å²) in [5, 5.41) is 24.5. The molecule has 0 aromatic heterocycles. The van der Waals surface area contributed by atoms with Gasteiger partial charge >= 0.3 is 23.9 Å². The van der Waals surface area contributed by atoms with Crippen molar-refractivity contribution in [3.8, 4) is 0 Å². The van der Waals surface area contributed by atoms with Gasteiger partial charge in [0.25, 0.3) is 0 Å². The maximum atomic E-state index is 13.6. The number of fused-ring (bicyclic) bond motifs is 1. The predicted molar refractivity (Wildman–Crippen MR) is 153 cm³/mol. The number of rotatable bonds is 7. The van der Waals surface area contributed by atoms with E-state index in [0.29, 0.717) is 0 Å². The SMILES string of the molecule is CC(=O)OC[C@@]12C(OC(=O)c3ccccc3)CC[C@](C)(O)[C@]13OC(C)(C)[C@H]([C@@H](O)[C@H]2OC(=O)c1ccccc1)[C@H]3OC(C)=O. The fraction of sp³-hybridized carbons (Fsp3) is 0.515. The molecule has 2 aromatic carbocycles. The quantitative estimate of drug-likeness (QED) is 0.351. The Hall–Kier alpha value is -3.80. The Bertz CT molecular complexity index is 1420. The van der Waals surface area contributed by atoms with Crippen molar-refractivity contribution in [2.45, 2.75) is 88.7 Å². The van der Waals surface area contributed by atoms with Crippen LogP contribution in [0.5, 0.6) is 0 Å². The molecule has 5 rings (SSSR count). The molecule has 3 fully saturated rings. The number of benzene rings is 2. The van der Waals surface area contributed by atoms with Crippen LogP contribution in [0.3, 0.4) is 0 Å². The zero-order valence-electron chi connectivity index (χ0n) is 25.4. The Kier molecular flexibility index (Phi) is 8.11. The molecule has 1 saturated heterocycles. The van der Waals surface area contributed by atoms with E-state index in [1.165, 1.54) is 32.9 Å². The Morgan fingerprint density at radius 1 is 0.818 bits per heavy atom. The minimum Gasteiger partial charge on any atom is -0.465 e. The van der Waals surface area contributed by atoms with Crippen molar-refractivity contribution in [1.29, 1.82) is 0 Å². The first-order chi connectivity index (χ1) is 20.7. The minimum atomic E-state index is -1.99. The third kappa shape index (κ3) is 4.87. The molecule has 11 nitrogen and oxygen atoms in total. The monoisotopic (exact) mass is 610 g/mol. The topological polar surface area (TPSA) is 155 Å². The van der Waals surface area contributed by atoms with Crippen molar-refractivity contribution >= 4 is 23.9 Å². The summed E-state index contributed by atoms with van der Waals surface area (Å²) in [5.41, 5.74) is -6.66. The number of carbonyl (C=O) groups excluding carboxylic acids is 4. The second-order valence-electron chi connectivity index (χ2n) is 12.6. The van der Waals surface area contributed by atoms with Gasteiger partial charge in [-0.25, -0.2) is 9.59 Å². The van der Waals surface area contributed by atoms with E-state index in [0.717, 1.165) is 0 Å². The average Bonchev–Trinajstić information content (AvgIpc) is 3.17. The lowest BCUT2D eigenvalue weighted by molar-refractivity contribution is -0.347. The molecule has 44 heavy (non-hydrogen) atoms. The fourth-order valence-corrected chi connectivity index (χ4v) is 7.72. The molecule has 3 aliphatic rings. The van der Waals surface area contributed by atoms with Gasteiger partial charge in [0, 0.05) is 13.8 Å². The smallest absolute Gasteiger partial charge is 0.338 e. The molecular weight excluding hydrogens is 572 g/mol. The number of ether oxygens (including phenoxy) is 5. The highest BCUT2D eigenvalue weighted by Gasteiger charge is 2.86. The second kappa shape index (κ2) is 11.3. The lowest BCUT2D eigenvalue weighted by atomic mass is 9.46. The summed E-state index contributed by atoms with van der Waals surface area (Å²) < 4.78 is 30.5. The zero-order valence-corrected chi connectivity index (χ0v) is 25.4. The van der Waals surface area contributed by atoms with Gasteiger partial charge in [0.05, 0.1) is 28.2 Å². The summed E-state index contributed by atoms with van der Waals surface area (Å²) in [6.07, 6.45) is -5.72. The summed E-state index contributed by atoms with van der Waals surface area (Å²) in [7, 11) is 0. The van der Waals surface area contributed by atoms with Crippen molar-refractivity contribution in [2.24, 2.45) is 11.3 Å². The molecule has 2 bridgehead atoms. The molecule has 0 radical (unpaired) electrons. The lowest BCUT2D eigenvalue weighted by Crippen LogP contribution is -2.83. The molecule has 1 aliphatic heterocycles. The van der Waals surface area contributed by atoms with Gasteiger partial charge in [-0.2, -0.15) is 0 Å². The molecule has 2 saturated carbocycles. The van der Waals surface area contributed by atoms with Gasteiger partial charge in [-0.1, -0.05) is 36.4 Å². The summed E-state index contributed by atoms with van der Waals surface area (Å²) in [4.78, 5) is 52.2. The average molecular weight is 611 g/mol. The van der Waals surface area contributed by atoms with E-state index in [4.69, 9.17) is 23.7 Å². The standard InChI is InChI=1S/C33H38O11/c1-19(34)40-18-32-23(42-28(37)21-12-8-6-9-13-21)16-17-31(5,39)33(32)26(41-20(2)35)24(30(3,4)44-33)25(36)27(32)43-29(38)22-14-10-7-11-15-22/h6-15,23-27,36,39H,16-18H2,1-5H3/t23?,24-,25-,26-,27-,31+,32+,33+/m1/s1. The first-order valence-corrected chi connectivity index (χ1v) is 14.6. The van der Waals surface area contributed by atoms with Gasteiger partial charge in [-0.3, -0.25) is 9.59 Å². The highest BCUT2D eigenvalue weighted by Crippen LogP contribution is 2.69. The van der Waals surface area contributed by atoms with E-state index in [-0.39, 0.29) is 24.0 Å². The number of hydrogen-bond donors (Lipinski definition) is 2. The Morgan fingerprint density at radius 2 is 1.36 bits per heavy atom. The van der Waals surface area contributed by atoms with Crippen LogP contribution in [-0.4, -0.2) is 81.9 Å². The molecule has 0 amide bonds. The Morgan fingerprint density at radius 3 is 1.89 bits per heavy atom. The van der Waals surface area contributed by atoms with Crippen LogP contribution in [0.1, 0.15) is 68.2 Å². The highest BCUT2D eigenvalue weighted by molar-refractivity contribution is 5.90. The summed E-state index contributed by atoms with van der Waals surface area (Å²) >= 11 is 0. The Labute approximate surface area is 255 Å². The summed E-state index contributed by atoms with van der Waals surface area (Å²) in [6, 6.07) is 16.3. The Balaban J connectivity index is 1.77. The molecule has 2 aromatic rings. The van der Waals surface area contributed by atoms with Crippen molar-refractivity contribution in [3.05, 3.63) is 71.8 Å². The number of aliphatic hydroxyl groups excluding tert-OH is 1. The van der Waals surface area contributed by atoms with Crippen LogP contribution >= 0.6 is 0 Å². The van der Waals surface area contributed by atoms with Crippen molar-refractivity contribution in [2.75, 3.05) is 6.61 Å². The normalized spacial score (nSPS) is 35.1. The van der Waals surface area contributed by atoms with Gasteiger partial charge < -0.3 is 33.9 Å². The van der Waals surface area contributed by atoms with Crippen molar-refractivity contribution in [3.63, 3.8) is 0 Å². The number of hydrogen-bond acceptors (Lipinski definition) is 11. The van der Waals surface area contributed by atoms with Crippen molar-refractivity contribution < 1.29 is 53.1 Å². The minimum absolute atomic E-state index is 0.00193. The zero-order chi connectivity index (χ0) is 32.1. The first-order valence-electron chi connectivity index (χ1n) is 14.6. The third-order valence-electron chi connectivity index (χ3n) is 9.41. The molecule has 2 aliphatic carbocycles. The number of aliphatic hydroxyl groups is 2. The van der Waals surface area contributed by atoms with Gasteiger partial charge in [0.15, 0.2) is 5.60 Å². The van der Waals surface area contributed by atoms with E-state index in [2.05, 4.69) is 0 Å². The van der Waals surface area contributed by atoms with Gasteiger partial charge in [0.2, 0.25) is 0 Å². The molecule has 11 heteroatoms. The van der Waals surface area contributed by atoms with Crippen LogP contribution in [0.15, 0.2) is 60.7 Å². The van der Waals surface area contributed by atoms with E-state index < -0.39 is 83.0 Å². The third-order valence-corrected chi connectivity index (χ3v) is 9.41. The number of esters is 4. The summed E-state index contributed by atoms with van der Waals surface area (Å²) in [5.74, 6) is -4.00. The fourth-order valence-electron chi connectivity index (χ4n) is 7.72. The van der Waals surface area contributed by atoms with E-state index in [9.17, 15) is 29.4 Å². The van der Waals surface area contributed by atoms with Crippen LogP contribution in [0.25, 0.3) is 0 Å². The molecule has 1 heterocycles. The van der Waals surface area contributed by atoms with Gasteiger partial charge in [-0.05, 0) is 57.9 Å². The largest absolute Gasteiger partial charge is 0.465 e.